The van der Waals surface area contributed by atoms with Gasteiger partial charge in [0, 0.05) is 36.0 Å². The second-order valence-electron chi connectivity index (χ2n) is 7.46. The van der Waals surface area contributed by atoms with Crippen molar-refractivity contribution in [3.05, 3.63) is 66.2 Å². The lowest BCUT2D eigenvalue weighted by Crippen LogP contribution is -2.43. The first-order valence-corrected chi connectivity index (χ1v) is 10.1. The number of hydrogen-bond donors (Lipinski definition) is 2. The van der Waals surface area contributed by atoms with Crippen LogP contribution in [-0.4, -0.2) is 48.1 Å². The first kappa shape index (κ1) is 20.3. The maximum atomic E-state index is 14.6. The van der Waals surface area contributed by atoms with E-state index in [9.17, 15) is 9.50 Å². The van der Waals surface area contributed by atoms with Crippen molar-refractivity contribution in [1.29, 1.82) is 0 Å². The number of ether oxygens (including phenoxy) is 2. The van der Waals surface area contributed by atoms with Gasteiger partial charge in [-0.1, -0.05) is 24.0 Å². The molecule has 2 unspecified atom stereocenters. The average Bonchev–Trinajstić information content (AvgIpc) is 3.41. The Morgan fingerprint density at radius 2 is 2.13 bits per heavy atom. The SMILES string of the molecule is CC(O)C1NC=CN1CC#Cc1ccc(-c2ccc(O[C@H]3CCOC3)cc2F)cc1. The topological polar surface area (TPSA) is 54.0 Å². The smallest absolute Gasteiger partial charge is 0.134 e. The number of hydrogen-bond acceptors (Lipinski definition) is 5. The Balaban J connectivity index is 1.39. The molecule has 5 nitrogen and oxygen atoms in total. The highest BCUT2D eigenvalue weighted by Gasteiger charge is 2.22. The molecule has 2 aromatic carbocycles. The van der Waals surface area contributed by atoms with Crippen LogP contribution in [0.1, 0.15) is 18.9 Å². The normalized spacial score (nSPS) is 21.1. The second-order valence-corrected chi connectivity index (χ2v) is 7.46. The fourth-order valence-electron chi connectivity index (χ4n) is 3.56. The van der Waals surface area contributed by atoms with E-state index in [2.05, 4.69) is 17.2 Å². The van der Waals surface area contributed by atoms with Crippen molar-refractivity contribution in [2.75, 3.05) is 19.8 Å². The minimum Gasteiger partial charge on any atom is -0.488 e. The number of rotatable bonds is 5. The van der Waals surface area contributed by atoms with Crippen molar-refractivity contribution in [1.82, 2.24) is 10.2 Å². The van der Waals surface area contributed by atoms with Crippen LogP contribution in [-0.2, 0) is 4.74 Å². The van der Waals surface area contributed by atoms with Gasteiger partial charge in [0.2, 0.25) is 0 Å². The van der Waals surface area contributed by atoms with Crippen molar-refractivity contribution in [2.45, 2.75) is 31.7 Å². The number of benzene rings is 2. The van der Waals surface area contributed by atoms with Crippen LogP contribution in [0.15, 0.2) is 54.9 Å². The summed E-state index contributed by atoms with van der Waals surface area (Å²) in [5.74, 6) is 6.43. The molecule has 30 heavy (non-hydrogen) atoms. The molecule has 4 rings (SSSR count). The lowest BCUT2D eigenvalue weighted by molar-refractivity contribution is 0.0928. The van der Waals surface area contributed by atoms with Gasteiger partial charge < -0.3 is 24.8 Å². The van der Waals surface area contributed by atoms with Crippen LogP contribution in [0.3, 0.4) is 0 Å². The lowest BCUT2D eigenvalue weighted by Gasteiger charge is -2.25. The van der Waals surface area contributed by atoms with Crippen molar-refractivity contribution < 1.29 is 19.0 Å². The molecule has 0 bridgehead atoms. The third-order valence-electron chi connectivity index (χ3n) is 5.17. The molecule has 2 aromatic rings. The summed E-state index contributed by atoms with van der Waals surface area (Å²) in [7, 11) is 0. The molecule has 156 valence electrons. The van der Waals surface area contributed by atoms with Gasteiger partial charge in [-0.15, -0.1) is 0 Å². The fourth-order valence-corrected chi connectivity index (χ4v) is 3.56. The summed E-state index contributed by atoms with van der Waals surface area (Å²) in [5, 5.41) is 12.8. The molecule has 0 saturated carbocycles. The molecule has 2 N–H and O–H groups in total. The van der Waals surface area contributed by atoms with Gasteiger partial charge in [0.05, 0.1) is 25.9 Å². The van der Waals surface area contributed by atoms with Gasteiger partial charge in [-0.2, -0.15) is 0 Å². The van der Waals surface area contributed by atoms with Crippen LogP contribution in [0.2, 0.25) is 0 Å². The number of aliphatic hydroxyl groups excluding tert-OH is 1. The molecule has 2 heterocycles. The fraction of sp³-hybridized carbons (Fsp3) is 0.333. The van der Waals surface area contributed by atoms with Gasteiger partial charge in [0.1, 0.15) is 23.8 Å². The number of nitrogens with one attached hydrogen (secondary N) is 1. The maximum absolute atomic E-state index is 14.6. The highest BCUT2D eigenvalue weighted by molar-refractivity contribution is 5.66. The molecular formula is C24H25FN2O3. The molecule has 0 amide bonds. The van der Waals surface area contributed by atoms with Crippen LogP contribution in [0.25, 0.3) is 11.1 Å². The Morgan fingerprint density at radius 1 is 1.30 bits per heavy atom. The summed E-state index contributed by atoms with van der Waals surface area (Å²) in [6.45, 7) is 3.48. The summed E-state index contributed by atoms with van der Waals surface area (Å²) in [6, 6.07) is 12.5. The zero-order valence-electron chi connectivity index (χ0n) is 16.8. The largest absolute Gasteiger partial charge is 0.488 e. The van der Waals surface area contributed by atoms with Crippen molar-refractivity contribution in [3.63, 3.8) is 0 Å². The van der Waals surface area contributed by atoms with E-state index >= 15 is 0 Å². The molecule has 0 aliphatic carbocycles. The van der Waals surface area contributed by atoms with Gasteiger partial charge in [0.15, 0.2) is 0 Å². The monoisotopic (exact) mass is 408 g/mol. The summed E-state index contributed by atoms with van der Waals surface area (Å²) in [4.78, 5) is 1.95. The molecule has 0 spiro atoms. The number of nitrogens with zero attached hydrogens (tertiary/aromatic N) is 1. The predicted octanol–water partition coefficient (Wildman–Crippen LogP) is 3.10. The number of halogens is 1. The van der Waals surface area contributed by atoms with Crippen LogP contribution in [0.4, 0.5) is 4.39 Å². The molecule has 2 aliphatic heterocycles. The maximum Gasteiger partial charge on any atom is 0.134 e. The summed E-state index contributed by atoms with van der Waals surface area (Å²) < 4.78 is 25.7. The van der Waals surface area contributed by atoms with Crippen LogP contribution < -0.4 is 10.1 Å². The van der Waals surface area contributed by atoms with Gasteiger partial charge in [-0.25, -0.2) is 4.39 Å². The van der Waals surface area contributed by atoms with Crippen molar-refractivity contribution in [3.8, 4) is 28.7 Å². The van der Waals surface area contributed by atoms with E-state index in [1.54, 1.807) is 25.3 Å². The third kappa shape index (κ3) is 4.76. The first-order chi connectivity index (χ1) is 14.6. The standard InChI is InChI=1S/C24H25FN2O3/c1-17(28)24-26-11-13-27(24)12-2-3-18-4-6-19(7-5-18)22-9-8-20(15-23(22)25)30-21-10-14-29-16-21/h4-9,11,13,15,17,21,24,26,28H,10,12,14,16H2,1H3/t17?,21-,24?/m0/s1. The Bertz CT molecular complexity index is 957. The molecule has 0 aromatic heterocycles. The lowest BCUT2D eigenvalue weighted by atomic mass is 10.0. The highest BCUT2D eigenvalue weighted by Crippen LogP contribution is 2.27. The Kier molecular flexibility index (Phi) is 6.22. The van der Waals surface area contributed by atoms with Crippen molar-refractivity contribution in [2.24, 2.45) is 0 Å². The second kappa shape index (κ2) is 9.21. The van der Waals surface area contributed by atoms with E-state index in [-0.39, 0.29) is 18.1 Å². The van der Waals surface area contributed by atoms with E-state index in [1.807, 2.05) is 35.4 Å². The van der Waals surface area contributed by atoms with E-state index in [0.717, 1.165) is 17.5 Å². The Labute approximate surface area is 176 Å². The van der Waals surface area contributed by atoms with Gasteiger partial charge in [-0.3, -0.25) is 0 Å². The van der Waals surface area contributed by atoms with Crippen LogP contribution in [0.5, 0.6) is 5.75 Å². The predicted molar refractivity (Wildman–Crippen MR) is 113 cm³/mol. The van der Waals surface area contributed by atoms with E-state index < -0.39 is 6.10 Å². The third-order valence-corrected chi connectivity index (χ3v) is 5.17. The zero-order chi connectivity index (χ0) is 20.9. The molecule has 1 fully saturated rings. The molecule has 2 aliphatic rings. The van der Waals surface area contributed by atoms with Gasteiger partial charge in [-0.05, 0) is 36.8 Å². The summed E-state index contributed by atoms with van der Waals surface area (Å²) >= 11 is 0. The summed E-state index contributed by atoms with van der Waals surface area (Å²) in [5.41, 5.74) is 2.16. The molecule has 0 radical (unpaired) electrons. The first-order valence-electron chi connectivity index (χ1n) is 10.1. The summed E-state index contributed by atoms with van der Waals surface area (Å²) in [6.07, 6.45) is 3.86. The van der Waals surface area contributed by atoms with Gasteiger partial charge >= 0.3 is 0 Å². The quantitative estimate of drug-likeness (QED) is 0.745. The molecular weight excluding hydrogens is 383 g/mol. The van der Waals surface area contributed by atoms with Crippen molar-refractivity contribution >= 4 is 0 Å². The van der Waals surface area contributed by atoms with Gasteiger partial charge in [0.25, 0.3) is 0 Å². The Hall–Kier alpha value is -3.01. The molecule has 1 saturated heterocycles. The Morgan fingerprint density at radius 3 is 2.83 bits per heavy atom. The molecule has 6 heteroatoms. The number of aliphatic hydroxyl groups is 1. The zero-order valence-corrected chi connectivity index (χ0v) is 16.8. The van der Waals surface area contributed by atoms with E-state index in [1.165, 1.54) is 6.07 Å². The molecule has 3 atom stereocenters. The van der Waals surface area contributed by atoms with E-state index in [0.29, 0.717) is 31.1 Å². The minimum absolute atomic E-state index is 0.00388. The van der Waals surface area contributed by atoms with E-state index in [4.69, 9.17) is 9.47 Å². The minimum atomic E-state index is -0.501. The van der Waals surface area contributed by atoms with Crippen LogP contribution >= 0.6 is 0 Å². The highest BCUT2D eigenvalue weighted by atomic mass is 19.1. The van der Waals surface area contributed by atoms with Crippen LogP contribution in [0, 0.1) is 17.7 Å². The average molecular weight is 408 g/mol.